The highest BCUT2D eigenvalue weighted by atomic mass is 15.1. The number of aromatic amines is 1. The first kappa shape index (κ1) is 8.48. The fourth-order valence-corrected chi connectivity index (χ4v) is 2.39. The Balaban J connectivity index is 1.86. The van der Waals surface area contributed by atoms with E-state index in [2.05, 4.69) is 22.4 Å². The van der Waals surface area contributed by atoms with Crippen LogP contribution in [0.4, 0.5) is 0 Å². The van der Waals surface area contributed by atoms with Crippen LogP contribution in [0.1, 0.15) is 43.5 Å². The number of nitrogens with one attached hydrogen (secondary N) is 2. The second-order valence-electron chi connectivity index (χ2n) is 4.74. The molecule has 2 aliphatic carbocycles. The lowest BCUT2D eigenvalue weighted by Crippen LogP contribution is -2.32. The van der Waals surface area contributed by atoms with Gasteiger partial charge in [-0.05, 0) is 31.6 Å². The van der Waals surface area contributed by atoms with Crippen molar-refractivity contribution in [3.63, 3.8) is 0 Å². The van der Waals surface area contributed by atoms with Gasteiger partial charge in [0.25, 0.3) is 0 Å². The molecule has 76 valence electrons. The van der Waals surface area contributed by atoms with Crippen molar-refractivity contribution < 1.29 is 0 Å². The average Bonchev–Trinajstić information content (AvgIpc) is 2.86. The van der Waals surface area contributed by atoms with Crippen LogP contribution in [0.2, 0.25) is 0 Å². The Morgan fingerprint density at radius 3 is 3.07 bits per heavy atom. The van der Waals surface area contributed by atoms with E-state index in [1.807, 2.05) is 6.20 Å². The van der Waals surface area contributed by atoms with Crippen molar-refractivity contribution in [3.8, 4) is 0 Å². The molecule has 2 unspecified atom stereocenters. The monoisotopic (exact) mass is 191 g/mol. The first-order valence-corrected chi connectivity index (χ1v) is 5.63. The Labute approximate surface area is 84.3 Å². The standard InChI is InChI=1S/C11H17N3/c1-7-2-5-10-9(6-12-14-10)11(7)13-8-3-4-8/h6-8,11,13H,2-5H2,1H3,(H,12,14). The molecule has 2 atom stereocenters. The van der Waals surface area contributed by atoms with Gasteiger partial charge in [-0.3, -0.25) is 5.10 Å². The molecule has 0 saturated heterocycles. The Morgan fingerprint density at radius 2 is 2.29 bits per heavy atom. The molecule has 0 aliphatic heterocycles. The van der Waals surface area contributed by atoms with Crippen LogP contribution in [0.5, 0.6) is 0 Å². The van der Waals surface area contributed by atoms with Gasteiger partial charge in [0, 0.05) is 23.3 Å². The third-order valence-corrected chi connectivity index (χ3v) is 3.50. The van der Waals surface area contributed by atoms with Gasteiger partial charge in [-0.2, -0.15) is 5.10 Å². The molecule has 1 saturated carbocycles. The summed E-state index contributed by atoms with van der Waals surface area (Å²) in [6, 6.07) is 1.33. The molecule has 0 spiro atoms. The van der Waals surface area contributed by atoms with Gasteiger partial charge in [0.2, 0.25) is 0 Å². The van der Waals surface area contributed by atoms with Gasteiger partial charge in [0.15, 0.2) is 0 Å². The third-order valence-electron chi connectivity index (χ3n) is 3.50. The first-order chi connectivity index (χ1) is 6.84. The molecule has 0 aromatic carbocycles. The van der Waals surface area contributed by atoms with Crippen LogP contribution in [0.15, 0.2) is 6.20 Å². The lowest BCUT2D eigenvalue weighted by molar-refractivity contribution is 0.341. The fourth-order valence-electron chi connectivity index (χ4n) is 2.39. The summed E-state index contributed by atoms with van der Waals surface area (Å²) in [5.41, 5.74) is 2.76. The number of nitrogens with zero attached hydrogens (tertiary/aromatic N) is 1. The average molecular weight is 191 g/mol. The van der Waals surface area contributed by atoms with E-state index in [-0.39, 0.29) is 0 Å². The molecule has 0 amide bonds. The summed E-state index contributed by atoms with van der Waals surface area (Å²) in [7, 11) is 0. The van der Waals surface area contributed by atoms with E-state index in [0.717, 1.165) is 12.0 Å². The maximum absolute atomic E-state index is 4.15. The van der Waals surface area contributed by atoms with Gasteiger partial charge in [-0.1, -0.05) is 6.92 Å². The Kier molecular flexibility index (Phi) is 1.87. The summed E-state index contributed by atoms with van der Waals surface area (Å²) in [6.45, 7) is 2.34. The number of fused-ring (bicyclic) bond motifs is 1. The van der Waals surface area contributed by atoms with Gasteiger partial charge in [-0.15, -0.1) is 0 Å². The fraction of sp³-hybridized carbons (Fsp3) is 0.727. The minimum Gasteiger partial charge on any atom is -0.307 e. The Bertz CT molecular complexity index is 327. The molecular weight excluding hydrogens is 174 g/mol. The van der Waals surface area contributed by atoms with E-state index in [4.69, 9.17) is 0 Å². The van der Waals surface area contributed by atoms with Gasteiger partial charge in [0.05, 0.1) is 6.20 Å². The second kappa shape index (κ2) is 3.09. The predicted molar refractivity (Wildman–Crippen MR) is 55.0 cm³/mol. The zero-order chi connectivity index (χ0) is 9.54. The first-order valence-electron chi connectivity index (χ1n) is 5.63. The summed E-state index contributed by atoms with van der Waals surface area (Å²) >= 11 is 0. The lowest BCUT2D eigenvalue weighted by Gasteiger charge is -2.29. The van der Waals surface area contributed by atoms with Gasteiger partial charge >= 0.3 is 0 Å². The smallest absolute Gasteiger partial charge is 0.0538 e. The quantitative estimate of drug-likeness (QED) is 0.748. The molecule has 0 radical (unpaired) electrons. The summed E-state index contributed by atoms with van der Waals surface area (Å²) in [5, 5.41) is 11.0. The van der Waals surface area contributed by atoms with Crippen molar-refractivity contribution in [1.82, 2.24) is 15.5 Å². The highest BCUT2D eigenvalue weighted by Crippen LogP contribution is 2.35. The summed E-state index contributed by atoms with van der Waals surface area (Å²) < 4.78 is 0. The van der Waals surface area contributed by atoms with E-state index < -0.39 is 0 Å². The van der Waals surface area contributed by atoms with E-state index in [9.17, 15) is 0 Å². The number of hydrogen-bond donors (Lipinski definition) is 2. The molecule has 1 fully saturated rings. The number of aromatic nitrogens is 2. The predicted octanol–water partition coefficient (Wildman–Crippen LogP) is 1.79. The molecule has 3 rings (SSSR count). The summed E-state index contributed by atoms with van der Waals surface area (Å²) in [6.07, 6.45) is 7.16. The van der Waals surface area contributed by atoms with Gasteiger partial charge < -0.3 is 5.32 Å². The molecule has 3 nitrogen and oxygen atoms in total. The molecular formula is C11H17N3. The molecule has 14 heavy (non-hydrogen) atoms. The summed E-state index contributed by atoms with van der Waals surface area (Å²) in [4.78, 5) is 0. The molecule has 2 N–H and O–H groups in total. The highest BCUT2D eigenvalue weighted by molar-refractivity contribution is 5.25. The SMILES string of the molecule is CC1CCc2[nH]ncc2C1NC1CC1. The summed E-state index contributed by atoms with van der Waals surface area (Å²) in [5.74, 6) is 0.751. The van der Waals surface area contributed by atoms with Crippen molar-refractivity contribution in [2.75, 3.05) is 0 Å². The molecule has 1 heterocycles. The van der Waals surface area contributed by atoms with Crippen LogP contribution in [-0.2, 0) is 6.42 Å². The topological polar surface area (TPSA) is 40.7 Å². The number of aryl methyl sites for hydroxylation is 1. The zero-order valence-electron chi connectivity index (χ0n) is 8.59. The second-order valence-corrected chi connectivity index (χ2v) is 4.74. The molecule has 1 aromatic rings. The van der Waals surface area contributed by atoms with Crippen molar-refractivity contribution in [1.29, 1.82) is 0 Å². The Morgan fingerprint density at radius 1 is 1.43 bits per heavy atom. The number of rotatable bonds is 2. The number of hydrogen-bond acceptors (Lipinski definition) is 2. The minimum absolute atomic E-state index is 0.546. The van der Waals surface area contributed by atoms with Gasteiger partial charge in [-0.25, -0.2) is 0 Å². The lowest BCUT2D eigenvalue weighted by atomic mass is 9.84. The van der Waals surface area contributed by atoms with Crippen LogP contribution >= 0.6 is 0 Å². The van der Waals surface area contributed by atoms with Crippen LogP contribution in [0, 0.1) is 5.92 Å². The molecule has 1 aromatic heterocycles. The number of H-pyrrole nitrogens is 1. The maximum Gasteiger partial charge on any atom is 0.0538 e. The van der Waals surface area contributed by atoms with Crippen LogP contribution in [-0.4, -0.2) is 16.2 Å². The van der Waals surface area contributed by atoms with Crippen LogP contribution in [0.3, 0.4) is 0 Å². The highest BCUT2D eigenvalue weighted by Gasteiger charge is 2.32. The largest absolute Gasteiger partial charge is 0.307 e. The molecule has 0 bridgehead atoms. The van der Waals surface area contributed by atoms with Crippen molar-refractivity contribution >= 4 is 0 Å². The molecule has 2 aliphatic rings. The van der Waals surface area contributed by atoms with E-state index in [1.54, 1.807) is 0 Å². The van der Waals surface area contributed by atoms with Crippen molar-refractivity contribution in [3.05, 3.63) is 17.5 Å². The van der Waals surface area contributed by atoms with Crippen molar-refractivity contribution in [2.24, 2.45) is 5.92 Å². The molecule has 3 heteroatoms. The van der Waals surface area contributed by atoms with Crippen LogP contribution < -0.4 is 5.32 Å². The van der Waals surface area contributed by atoms with E-state index in [0.29, 0.717) is 6.04 Å². The zero-order valence-corrected chi connectivity index (χ0v) is 8.59. The normalized spacial score (nSPS) is 31.5. The van der Waals surface area contributed by atoms with E-state index in [1.165, 1.54) is 36.9 Å². The third kappa shape index (κ3) is 1.36. The minimum atomic E-state index is 0.546. The van der Waals surface area contributed by atoms with Crippen LogP contribution in [0.25, 0.3) is 0 Å². The van der Waals surface area contributed by atoms with E-state index >= 15 is 0 Å². The maximum atomic E-state index is 4.15. The Hall–Kier alpha value is -0.830. The van der Waals surface area contributed by atoms with Crippen molar-refractivity contribution in [2.45, 2.75) is 44.7 Å². The van der Waals surface area contributed by atoms with Gasteiger partial charge in [0.1, 0.15) is 0 Å².